The van der Waals surface area contributed by atoms with Crippen molar-refractivity contribution in [3.63, 3.8) is 0 Å². The van der Waals surface area contributed by atoms with Crippen molar-refractivity contribution in [3.05, 3.63) is 35.9 Å². The molecule has 1 fully saturated rings. The molecule has 1 aliphatic rings. The van der Waals surface area contributed by atoms with Crippen LogP contribution in [-0.2, 0) is 25.6 Å². The summed E-state index contributed by atoms with van der Waals surface area (Å²) < 4.78 is 22.4. The zero-order valence-electron chi connectivity index (χ0n) is 13.0. The van der Waals surface area contributed by atoms with Crippen molar-refractivity contribution in [2.24, 2.45) is 0 Å². The number of hydrogen-bond donors (Lipinski definition) is 0. The van der Waals surface area contributed by atoms with E-state index in [0.29, 0.717) is 19.8 Å². The molecule has 21 heavy (non-hydrogen) atoms. The lowest BCUT2D eigenvalue weighted by atomic mass is 10.2. The number of rotatable bonds is 9. The number of hydrogen-bond acceptors (Lipinski definition) is 4. The molecule has 1 aromatic carbocycles. The Morgan fingerprint density at radius 1 is 1.10 bits per heavy atom. The van der Waals surface area contributed by atoms with E-state index in [2.05, 4.69) is 12.1 Å². The van der Waals surface area contributed by atoms with Gasteiger partial charge in [0, 0.05) is 13.2 Å². The van der Waals surface area contributed by atoms with Crippen LogP contribution in [-0.4, -0.2) is 38.3 Å². The molecule has 1 aromatic rings. The quantitative estimate of drug-likeness (QED) is 0.656. The van der Waals surface area contributed by atoms with Crippen molar-refractivity contribution < 1.29 is 18.9 Å². The van der Waals surface area contributed by atoms with Crippen LogP contribution in [0.4, 0.5) is 0 Å². The van der Waals surface area contributed by atoms with Crippen LogP contribution in [0.15, 0.2) is 30.3 Å². The van der Waals surface area contributed by atoms with Crippen LogP contribution >= 0.6 is 0 Å². The van der Waals surface area contributed by atoms with Gasteiger partial charge in [0.2, 0.25) is 0 Å². The van der Waals surface area contributed by atoms with E-state index in [1.54, 1.807) is 0 Å². The zero-order valence-corrected chi connectivity index (χ0v) is 13.0. The van der Waals surface area contributed by atoms with E-state index < -0.39 is 5.79 Å². The molecule has 1 aliphatic heterocycles. The summed E-state index contributed by atoms with van der Waals surface area (Å²) in [7, 11) is 0. The Kier molecular flexibility index (Phi) is 6.64. The monoisotopic (exact) mass is 294 g/mol. The van der Waals surface area contributed by atoms with Gasteiger partial charge in [0.25, 0.3) is 0 Å². The number of benzene rings is 1. The third-order valence-electron chi connectivity index (χ3n) is 3.31. The first-order valence-corrected chi connectivity index (χ1v) is 7.67. The van der Waals surface area contributed by atoms with Crippen molar-refractivity contribution >= 4 is 0 Å². The molecule has 0 bridgehead atoms. The van der Waals surface area contributed by atoms with E-state index in [0.717, 1.165) is 26.1 Å². The van der Waals surface area contributed by atoms with Crippen LogP contribution in [0.25, 0.3) is 0 Å². The van der Waals surface area contributed by atoms with Gasteiger partial charge in [0.15, 0.2) is 5.79 Å². The van der Waals surface area contributed by atoms with Crippen LogP contribution in [0.5, 0.6) is 0 Å². The summed E-state index contributed by atoms with van der Waals surface area (Å²) in [6.45, 7) is 7.28. The van der Waals surface area contributed by atoms with Crippen LogP contribution < -0.4 is 0 Å². The Labute approximate surface area is 127 Å². The molecule has 0 saturated carbocycles. The van der Waals surface area contributed by atoms with Crippen LogP contribution in [0, 0.1) is 0 Å². The van der Waals surface area contributed by atoms with Gasteiger partial charge < -0.3 is 18.9 Å². The molecule has 0 radical (unpaired) electrons. The van der Waals surface area contributed by atoms with E-state index in [1.165, 1.54) is 5.56 Å². The smallest absolute Gasteiger partial charge is 0.163 e. The minimum atomic E-state index is -0.459. The molecule has 0 spiro atoms. The topological polar surface area (TPSA) is 36.9 Å². The molecular weight excluding hydrogens is 268 g/mol. The molecule has 0 aromatic heterocycles. The Bertz CT molecular complexity index is 391. The summed E-state index contributed by atoms with van der Waals surface area (Å²) >= 11 is 0. The Hall–Kier alpha value is -0.940. The average Bonchev–Trinajstić information content (AvgIpc) is 2.82. The highest BCUT2D eigenvalue weighted by Gasteiger charge is 2.32. The molecule has 118 valence electrons. The maximum absolute atomic E-state index is 5.67. The third-order valence-corrected chi connectivity index (χ3v) is 3.31. The van der Waals surface area contributed by atoms with Crippen LogP contribution in [0.2, 0.25) is 0 Å². The summed E-state index contributed by atoms with van der Waals surface area (Å²) in [5.74, 6) is -0.459. The highest BCUT2D eigenvalue weighted by atomic mass is 16.7. The highest BCUT2D eigenvalue weighted by Crippen LogP contribution is 2.22. The molecule has 0 unspecified atom stereocenters. The lowest BCUT2D eigenvalue weighted by Crippen LogP contribution is -2.24. The van der Waals surface area contributed by atoms with Crippen LogP contribution in [0.3, 0.4) is 0 Å². The second-order valence-corrected chi connectivity index (χ2v) is 5.77. The summed E-state index contributed by atoms with van der Waals surface area (Å²) in [4.78, 5) is 0. The first-order valence-electron chi connectivity index (χ1n) is 7.67. The largest absolute Gasteiger partial charge is 0.379 e. The van der Waals surface area contributed by atoms with E-state index >= 15 is 0 Å². The fraction of sp³-hybridized carbons (Fsp3) is 0.647. The van der Waals surface area contributed by atoms with Gasteiger partial charge in [-0.05, 0) is 32.3 Å². The van der Waals surface area contributed by atoms with E-state index in [-0.39, 0.29) is 6.10 Å². The molecule has 1 saturated heterocycles. The Morgan fingerprint density at radius 2 is 1.81 bits per heavy atom. The molecule has 0 aliphatic carbocycles. The summed E-state index contributed by atoms with van der Waals surface area (Å²) in [5, 5.41) is 0. The maximum atomic E-state index is 5.67. The highest BCUT2D eigenvalue weighted by molar-refractivity contribution is 5.13. The van der Waals surface area contributed by atoms with Crippen molar-refractivity contribution in [3.8, 4) is 0 Å². The number of unbranched alkanes of at least 4 members (excludes halogenated alkanes) is 1. The van der Waals surface area contributed by atoms with Gasteiger partial charge in [-0.25, -0.2) is 0 Å². The molecule has 1 atom stereocenters. The maximum Gasteiger partial charge on any atom is 0.163 e. The predicted octanol–water partition coefficient (Wildman–Crippen LogP) is 3.15. The minimum Gasteiger partial charge on any atom is -0.379 e. The molecule has 4 heteroatoms. The Balaban J connectivity index is 1.41. The number of ether oxygens (including phenoxy) is 4. The third kappa shape index (κ3) is 6.57. The fourth-order valence-corrected chi connectivity index (χ4v) is 2.23. The second-order valence-electron chi connectivity index (χ2n) is 5.77. The van der Waals surface area contributed by atoms with Gasteiger partial charge in [0.1, 0.15) is 6.10 Å². The molecule has 0 N–H and O–H groups in total. The first-order chi connectivity index (χ1) is 10.2. The zero-order chi connectivity index (χ0) is 15.0. The average molecular weight is 294 g/mol. The van der Waals surface area contributed by atoms with E-state index in [4.69, 9.17) is 18.9 Å². The SMILES string of the molecule is CC1(C)OC[C@H](COCCCCOCc2ccccc2)O1. The van der Waals surface area contributed by atoms with Gasteiger partial charge in [-0.2, -0.15) is 0 Å². The van der Waals surface area contributed by atoms with Gasteiger partial charge >= 0.3 is 0 Å². The minimum absolute atomic E-state index is 0.0642. The first kappa shape index (κ1) is 16.4. The fourth-order valence-electron chi connectivity index (χ4n) is 2.23. The summed E-state index contributed by atoms with van der Waals surface area (Å²) in [6, 6.07) is 10.2. The lowest BCUT2D eigenvalue weighted by Gasteiger charge is -2.17. The van der Waals surface area contributed by atoms with Gasteiger partial charge in [-0.15, -0.1) is 0 Å². The van der Waals surface area contributed by atoms with Gasteiger partial charge in [-0.1, -0.05) is 30.3 Å². The normalized spacial score (nSPS) is 20.8. The van der Waals surface area contributed by atoms with Crippen LogP contribution in [0.1, 0.15) is 32.3 Å². The lowest BCUT2D eigenvalue weighted by molar-refractivity contribution is -0.145. The molecule has 1 heterocycles. The Morgan fingerprint density at radius 3 is 2.48 bits per heavy atom. The standard InChI is InChI=1S/C17H26O4/c1-17(2)20-14-16(21-17)13-19-11-7-6-10-18-12-15-8-4-3-5-9-15/h3-5,8-9,16H,6-7,10-14H2,1-2H3/t16-/m0/s1. The predicted molar refractivity (Wildman–Crippen MR) is 81.1 cm³/mol. The molecule has 4 nitrogen and oxygen atoms in total. The van der Waals surface area contributed by atoms with Crippen molar-refractivity contribution in [2.45, 2.75) is 45.2 Å². The second kappa shape index (κ2) is 8.49. The van der Waals surface area contributed by atoms with E-state index in [9.17, 15) is 0 Å². The van der Waals surface area contributed by atoms with Gasteiger partial charge in [-0.3, -0.25) is 0 Å². The summed E-state index contributed by atoms with van der Waals surface area (Å²) in [6.07, 6.45) is 2.08. The van der Waals surface area contributed by atoms with Gasteiger partial charge in [0.05, 0.1) is 19.8 Å². The summed E-state index contributed by atoms with van der Waals surface area (Å²) in [5.41, 5.74) is 1.22. The molecule has 2 rings (SSSR count). The molecule has 0 amide bonds. The molecular formula is C17H26O4. The van der Waals surface area contributed by atoms with Crippen molar-refractivity contribution in [1.29, 1.82) is 0 Å². The van der Waals surface area contributed by atoms with E-state index in [1.807, 2.05) is 32.0 Å². The van der Waals surface area contributed by atoms with Crippen molar-refractivity contribution in [1.82, 2.24) is 0 Å². The van der Waals surface area contributed by atoms with Crippen molar-refractivity contribution in [2.75, 3.05) is 26.4 Å².